The van der Waals surface area contributed by atoms with E-state index in [1.165, 1.54) is 18.2 Å². The van der Waals surface area contributed by atoms with Crippen LogP contribution in [-0.4, -0.2) is 0 Å². The molecule has 0 spiro atoms. The fraction of sp³-hybridized carbons (Fsp3) is 0. The summed E-state index contributed by atoms with van der Waals surface area (Å²) in [5.41, 5.74) is 5.32. The second kappa shape index (κ2) is 4.89. The van der Waals surface area contributed by atoms with Gasteiger partial charge in [0.05, 0.1) is 4.47 Å². The predicted molar refractivity (Wildman–Crippen MR) is 68.2 cm³/mol. The number of hydrogen-bond acceptors (Lipinski definition) is 2. The molecule has 2 rings (SSSR count). The third-order valence-corrected chi connectivity index (χ3v) is 2.86. The number of benzene rings is 2. The zero-order chi connectivity index (χ0) is 13.3. The molecule has 0 heterocycles. The van der Waals surface area contributed by atoms with Gasteiger partial charge < -0.3 is 11.1 Å². The molecule has 0 saturated heterocycles. The first-order chi connectivity index (χ1) is 8.47. The van der Waals surface area contributed by atoms with E-state index in [4.69, 9.17) is 5.73 Å². The molecule has 2 aromatic rings. The third kappa shape index (κ3) is 2.59. The van der Waals surface area contributed by atoms with Gasteiger partial charge in [-0.05, 0) is 46.3 Å². The van der Waals surface area contributed by atoms with Gasteiger partial charge >= 0.3 is 0 Å². The number of hydrogen-bond donors (Lipinski definition) is 2. The SMILES string of the molecule is Nc1cc(F)c(Nc2ccc(F)c(Br)c2)c(F)c1. The molecule has 0 radical (unpaired) electrons. The predicted octanol–water partition coefficient (Wildman–Crippen LogP) is 4.19. The summed E-state index contributed by atoms with van der Waals surface area (Å²) in [5.74, 6) is -2.08. The van der Waals surface area contributed by atoms with Crippen LogP contribution in [0.1, 0.15) is 0 Å². The highest BCUT2D eigenvalue weighted by molar-refractivity contribution is 9.10. The number of nitrogens with two attached hydrogens (primary N) is 1. The van der Waals surface area contributed by atoms with Crippen molar-refractivity contribution in [3.05, 3.63) is 52.3 Å². The maximum atomic E-state index is 13.5. The second-order valence-electron chi connectivity index (χ2n) is 3.61. The summed E-state index contributed by atoms with van der Waals surface area (Å²) in [6.45, 7) is 0. The van der Waals surface area contributed by atoms with Gasteiger partial charge in [0.25, 0.3) is 0 Å². The quantitative estimate of drug-likeness (QED) is 0.815. The van der Waals surface area contributed by atoms with Gasteiger partial charge in [-0.2, -0.15) is 0 Å². The highest BCUT2D eigenvalue weighted by Crippen LogP contribution is 2.27. The van der Waals surface area contributed by atoms with Gasteiger partial charge in [-0.15, -0.1) is 0 Å². The summed E-state index contributed by atoms with van der Waals surface area (Å²) in [4.78, 5) is 0. The second-order valence-corrected chi connectivity index (χ2v) is 4.47. The zero-order valence-corrected chi connectivity index (χ0v) is 10.6. The van der Waals surface area contributed by atoms with Crippen molar-refractivity contribution in [1.29, 1.82) is 0 Å². The maximum Gasteiger partial charge on any atom is 0.151 e. The van der Waals surface area contributed by atoms with Crippen molar-refractivity contribution in [1.82, 2.24) is 0 Å². The van der Waals surface area contributed by atoms with Gasteiger partial charge in [0.15, 0.2) is 11.6 Å². The van der Waals surface area contributed by atoms with Crippen LogP contribution in [0.3, 0.4) is 0 Å². The molecule has 0 unspecified atom stereocenters. The zero-order valence-electron chi connectivity index (χ0n) is 8.98. The fourth-order valence-electron chi connectivity index (χ4n) is 1.43. The summed E-state index contributed by atoms with van der Waals surface area (Å²) >= 11 is 2.99. The van der Waals surface area contributed by atoms with Crippen LogP contribution in [0.25, 0.3) is 0 Å². The van der Waals surface area contributed by atoms with E-state index in [0.29, 0.717) is 5.69 Å². The molecule has 2 aromatic carbocycles. The number of nitrogens with one attached hydrogen (secondary N) is 1. The molecule has 0 aliphatic rings. The molecule has 0 atom stereocenters. The van der Waals surface area contributed by atoms with Crippen molar-refractivity contribution < 1.29 is 13.2 Å². The Kier molecular flexibility index (Phi) is 3.47. The molecule has 6 heteroatoms. The average Bonchev–Trinajstić information content (AvgIpc) is 2.28. The van der Waals surface area contributed by atoms with Crippen molar-refractivity contribution in [3.63, 3.8) is 0 Å². The molecule has 94 valence electrons. The first-order valence-corrected chi connectivity index (χ1v) is 5.73. The molecule has 0 aliphatic carbocycles. The largest absolute Gasteiger partial charge is 0.399 e. The Balaban J connectivity index is 2.37. The molecule has 0 bridgehead atoms. The lowest BCUT2D eigenvalue weighted by molar-refractivity contribution is 0.592. The van der Waals surface area contributed by atoms with Gasteiger partial charge in [-0.25, -0.2) is 13.2 Å². The molecule has 0 amide bonds. The summed E-state index contributed by atoms with van der Waals surface area (Å²) in [6.07, 6.45) is 0. The Morgan fingerprint density at radius 1 is 0.944 bits per heavy atom. The smallest absolute Gasteiger partial charge is 0.151 e. The Morgan fingerprint density at radius 2 is 1.56 bits per heavy atom. The standard InChI is InChI=1S/C12H8BrF3N2/c13-8-5-7(1-2-9(8)14)18-12-10(15)3-6(17)4-11(12)16/h1-5,18H,17H2. The van der Waals surface area contributed by atoms with Crippen molar-refractivity contribution in [3.8, 4) is 0 Å². The minimum atomic E-state index is -0.812. The molecule has 0 aromatic heterocycles. The number of rotatable bonds is 2. The van der Waals surface area contributed by atoms with Crippen molar-refractivity contribution >= 4 is 33.0 Å². The number of nitrogen functional groups attached to an aromatic ring is 1. The van der Waals surface area contributed by atoms with E-state index in [9.17, 15) is 13.2 Å². The monoisotopic (exact) mass is 316 g/mol. The summed E-state index contributed by atoms with van der Waals surface area (Å²) in [6, 6.07) is 5.94. The summed E-state index contributed by atoms with van der Waals surface area (Å²) < 4.78 is 40.2. The van der Waals surface area contributed by atoms with Crippen LogP contribution in [0.15, 0.2) is 34.8 Å². The minimum Gasteiger partial charge on any atom is -0.399 e. The third-order valence-electron chi connectivity index (χ3n) is 2.25. The van der Waals surface area contributed by atoms with Crippen LogP contribution in [0, 0.1) is 17.5 Å². The van der Waals surface area contributed by atoms with Crippen LogP contribution in [0.5, 0.6) is 0 Å². The highest BCUT2D eigenvalue weighted by atomic mass is 79.9. The number of anilines is 3. The molecular weight excluding hydrogens is 309 g/mol. The maximum absolute atomic E-state index is 13.5. The normalized spacial score (nSPS) is 10.4. The topological polar surface area (TPSA) is 38.0 Å². The molecule has 0 aliphatic heterocycles. The van der Waals surface area contributed by atoms with Crippen molar-refractivity contribution in [2.45, 2.75) is 0 Å². The van der Waals surface area contributed by atoms with Crippen molar-refractivity contribution in [2.24, 2.45) is 0 Å². The lowest BCUT2D eigenvalue weighted by Gasteiger charge is -2.10. The van der Waals surface area contributed by atoms with E-state index < -0.39 is 17.5 Å². The lowest BCUT2D eigenvalue weighted by atomic mass is 10.2. The van der Waals surface area contributed by atoms with E-state index in [1.807, 2.05) is 0 Å². The fourth-order valence-corrected chi connectivity index (χ4v) is 1.81. The Bertz CT molecular complexity index is 579. The lowest BCUT2D eigenvalue weighted by Crippen LogP contribution is -1.99. The molecule has 0 saturated carbocycles. The van der Waals surface area contributed by atoms with Crippen LogP contribution in [0.4, 0.5) is 30.2 Å². The Hall–Kier alpha value is -1.69. The number of halogens is 4. The van der Waals surface area contributed by atoms with Gasteiger partial charge in [-0.3, -0.25) is 0 Å². The average molecular weight is 317 g/mol. The minimum absolute atomic E-state index is 0.00385. The summed E-state index contributed by atoms with van der Waals surface area (Å²) in [5, 5.41) is 2.53. The summed E-state index contributed by atoms with van der Waals surface area (Å²) in [7, 11) is 0. The van der Waals surface area contributed by atoms with Gasteiger partial charge in [-0.1, -0.05) is 0 Å². The Morgan fingerprint density at radius 3 is 2.11 bits per heavy atom. The van der Waals surface area contributed by atoms with E-state index >= 15 is 0 Å². The van der Waals surface area contributed by atoms with Gasteiger partial charge in [0.2, 0.25) is 0 Å². The van der Waals surface area contributed by atoms with E-state index in [2.05, 4.69) is 21.2 Å². The molecular formula is C12H8BrF3N2. The Labute approximate surface area is 110 Å². The van der Waals surface area contributed by atoms with E-state index in [1.54, 1.807) is 0 Å². The first-order valence-electron chi connectivity index (χ1n) is 4.94. The van der Waals surface area contributed by atoms with Gasteiger partial charge in [0.1, 0.15) is 11.5 Å². The molecule has 0 fully saturated rings. The first kappa shape index (κ1) is 12.8. The molecule has 18 heavy (non-hydrogen) atoms. The van der Waals surface area contributed by atoms with Crippen LogP contribution >= 0.6 is 15.9 Å². The van der Waals surface area contributed by atoms with Crippen LogP contribution in [0.2, 0.25) is 0 Å². The van der Waals surface area contributed by atoms with E-state index in [0.717, 1.165) is 12.1 Å². The highest BCUT2D eigenvalue weighted by Gasteiger charge is 2.11. The van der Waals surface area contributed by atoms with E-state index in [-0.39, 0.29) is 15.8 Å². The van der Waals surface area contributed by atoms with Crippen molar-refractivity contribution in [2.75, 3.05) is 11.1 Å². The molecule has 2 nitrogen and oxygen atoms in total. The van der Waals surface area contributed by atoms with Crippen LogP contribution in [-0.2, 0) is 0 Å². The van der Waals surface area contributed by atoms with Gasteiger partial charge in [0, 0.05) is 11.4 Å². The molecule has 3 N–H and O–H groups in total. The van der Waals surface area contributed by atoms with Crippen LogP contribution < -0.4 is 11.1 Å².